The maximum atomic E-state index is 9.22. The van der Waals surface area contributed by atoms with Crippen LogP contribution in [0.25, 0.3) is 11.4 Å². The van der Waals surface area contributed by atoms with Crippen LogP contribution < -0.4 is 0 Å². The molecule has 0 unspecified atom stereocenters. The van der Waals surface area contributed by atoms with Gasteiger partial charge in [0.15, 0.2) is 0 Å². The smallest absolute Gasteiger partial charge is 0.141 e. The Morgan fingerprint density at radius 3 is 2.75 bits per heavy atom. The summed E-state index contributed by atoms with van der Waals surface area (Å²) in [7, 11) is 1.90. The number of aryl methyl sites for hydroxylation is 1. The van der Waals surface area contributed by atoms with Gasteiger partial charge >= 0.3 is 0 Å². The van der Waals surface area contributed by atoms with Crippen LogP contribution in [0.3, 0.4) is 0 Å². The minimum atomic E-state index is -0.0180. The zero-order chi connectivity index (χ0) is 11.7. The molecule has 0 radical (unpaired) electrons. The standard InChI is InChI=1S/C12H13BrN2O/c1-8-4-3-5-9(6-8)12-14-11(13)10(7-16)15(12)2/h3-6,16H,7H2,1-2H3. The van der Waals surface area contributed by atoms with Gasteiger partial charge in [-0.3, -0.25) is 0 Å². The molecule has 3 nitrogen and oxygen atoms in total. The molecule has 0 bridgehead atoms. The largest absolute Gasteiger partial charge is 0.390 e. The molecule has 0 aliphatic heterocycles. The lowest BCUT2D eigenvalue weighted by atomic mass is 10.1. The number of aliphatic hydroxyl groups excluding tert-OH is 1. The van der Waals surface area contributed by atoms with Gasteiger partial charge in [-0.2, -0.15) is 0 Å². The number of imidazole rings is 1. The first-order valence-electron chi connectivity index (χ1n) is 5.02. The van der Waals surface area contributed by atoms with Crippen LogP contribution in [0.1, 0.15) is 11.3 Å². The first-order chi connectivity index (χ1) is 7.63. The predicted molar refractivity (Wildman–Crippen MR) is 67.0 cm³/mol. The monoisotopic (exact) mass is 280 g/mol. The van der Waals surface area contributed by atoms with Gasteiger partial charge in [-0.1, -0.05) is 23.8 Å². The number of nitrogens with zero attached hydrogens (tertiary/aromatic N) is 2. The lowest BCUT2D eigenvalue weighted by Crippen LogP contribution is -1.98. The zero-order valence-electron chi connectivity index (χ0n) is 9.24. The molecule has 0 saturated heterocycles. The maximum Gasteiger partial charge on any atom is 0.141 e. The van der Waals surface area contributed by atoms with Crippen LogP contribution in [0, 0.1) is 6.92 Å². The van der Waals surface area contributed by atoms with Crippen LogP contribution >= 0.6 is 15.9 Å². The fourth-order valence-corrected chi connectivity index (χ4v) is 2.27. The Bertz CT molecular complexity index is 520. The van der Waals surface area contributed by atoms with E-state index in [1.54, 1.807) is 0 Å². The summed E-state index contributed by atoms with van der Waals surface area (Å²) in [5.41, 5.74) is 3.04. The van der Waals surface area contributed by atoms with Crippen LogP contribution in [0.5, 0.6) is 0 Å². The summed E-state index contributed by atoms with van der Waals surface area (Å²) in [5.74, 6) is 0.861. The third kappa shape index (κ3) is 1.90. The van der Waals surface area contributed by atoms with Crippen molar-refractivity contribution in [3.05, 3.63) is 40.1 Å². The van der Waals surface area contributed by atoms with E-state index in [0.29, 0.717) is 4.60 Å². The highest BCUT2D eigenvalue weighted by atomic mass is 79.9. The van der Waals surface area contributed by atoms with Gasteiger partial charge in [0.1, 0.15) is 10.4 Å². The molecule has 0 aliphatic carbocycles. The van der Waals surface area contributed by atoms with Crippen LogP contribution in [0.15, 0.2) is 28.9 Å². The molecular weight excluding hydrogens is 268 g/mol. The van der Waals surface area contributed by atoms with Crippen LogP contribution in [0.2, 0.25) is 0 Å². The molecule has 0 saturated carbocycles. The first kappa shape index (κ1) is 11.4. The number of aliphatic hydroxyl groups is 1. The Balaban J connectivity index is 2.56. The van der Waals surface area contributed by atoms with E-state index in [1.165, 1.54) is 5.56 Å². The molecule has 1 aromatic carbocycles. The van der Waals surface area contributed by atoms with Crippen molar-refractivity contribution in [1.29, 1.82) is 0 Å². The van der Waals surface area contributed by atoms with Crippen molar-refractivity contribution >= 4 is 15.9 Å². The number of benzene rings is 1. The normalized spacial score (nSPS) is 10.8. The molecule has 1 N–H and O–H groups in total. The quantitative estimate of drug-likeness (QED) is 0.919. The molecule has 4 heteroatoms. The SMILES string of the molecule is Cc1cccc(-c2nc(Br)c(CO)n2C)c1. The zero-order valence-corrected chi connectivity index (χ0v) is 10.8. The topological polar surface area (TPSA) is 38.1 Å². The van der Waals surface area contributed by atoms with E-state index in [2.05, 4.69) is 40.0 Å². The predicted octanol–water partition coefficient (Wildman–Crippen LogP) is 2.65. The van der Waals surface area contributed by atoms with Gasteiger partial charge in [0.05, 0.1) is 12.3 Å². The average molecular weight is 281 g/mol. The number of hydrogen-bond donors (Lipinski definition) is 1. The van der Waals surface area contributed by atoms with Crippen molar-refractivity contribution in [3.8, 4) is 11.4 Å². The van der Waals surface area contributed by atoms with E-state index in [9.17, 15) is 5.11 Å². The van der Waals surface area contributed by atoms with Gasteiger partial charge in [0.25, 0.3) is 0 Å². The Morgan fingerprint density at radius 1 is 1.44 bits per heavy atom. The fourth-order valence-electron chi connectivity index (χ4n) is 1.71. The first-order valence-corrected chi connectivity index (χ1v) is 5.81. The summed E-state index contributed by atoms with van der Waals surface area (Å²) in [5, 5.41) is 9.22. The Morgan fingerprint density at radius 2 is 2.19 bits per heavy atom. The van der Waals surface area contributed by atoms with Gasteiger partial charge in [-0.25, -0.2) is 4.98 Å². The van der Waals surface area contributed by atoms with Crippen molar-refractivity contribution in [3.63, 3.8) is 0 Å². The molecule has 84 valence electrons. The minimum absolute atomic E-state index is 0.0180. The molecular formula is C12H13BrN2O. The van der Waals surface area contributed by atoms with E-state index >= 15 is 0 Å². The number of halogens is 1. The number of rotatable bonds is 2. The maximum absolute atomic E-state index is 9.22. The molecule has 0 spiro atoms. The Labute approximate surface area is 103 Å². The summed E-state index contributed by atoms with van der Waals surface area (Å²) >= 11 is 3.35. The van der Waals surface area contributed by atoms with E-state index < -0.39 is 0 Å². The minimum Gasteiger partial charge on any atom is -0.390 e. The molecule has 16 heavy (non-hydrogen) atoms. The molecule has 1 aromatic heterocycles. The van der Waals surface area contributed by atoms with Gasteiger partial charge in [0, 0.05) is 12.6 Å². The van der Waals surface area contributed by atoms with Crippen LogP contribution in [-0.2, 0) is 13.7 Å². The Hall–Kier alpha value is -1.13. The molecule has 0 amide bonds. The van der Waals surface area contributed by atoms with E-state index in [0.717, 1.165) is 17.1 Å². The molecule has 2 rings (SSSR count). The number of aromatic nitrogens is 2. The summed E-state index contributed by atoms with van der Waals surface area (Å²) in [4.78, 5) is 4.41. The molecule has 0 fully saturated rings. The van der Waals surface area contributed by atoms with E-state index in [1.807, 2.05) is 23.7 Å². The third-order valence-electron chi connectivity index (χ3n) is 2.59. The van der Waals surface area contributed by atoms with Crippen molar-refractivity contribution in [2.45, 2.75) is 13.5 Å². The fraction of sp³-hybridized carbons (Fsp3) is 0.250. The summed E-state index contributed by atoms with van der Waals surface area (Å²) in [6.45, 7) is 2.03. The number of hydrogen-bond acceptors (Lipinski definition) is 2. The van der Waals surface area contributed by atoms with Crippen molar-refractivity contribution < 1.29 is 5.11 Å². The second-order valence-electron chi connectivity index (χ2n) is 3.76. The average Bonchev–Trinajstić information content (AvgIpc) is 2.54. The lowest BCUT2D eigenvalue weighted by Gasteiger charge is -2.04. The second-order valence-corrected chi connectivity index (χ2v) is 4.51. The van der Waals surface area contributed by atoms with Gasteiger partial charge in [-0.05, 0) is 28.9 Å². The molecule has 1 heterocycles. The molecule has 0 aliphatic rings. The van der Waals surface area contributed by atoms with Gasteiger partial charge < -0.3 is 9.67 Å². The highest BCUT2D eigenvalue weighted by Crippen LogP contribution is 2.25. The lowest BCUT2D eigenvalue weighted by molar-refractivity contribution is 0.272. The van der Waals surface area contributed by atoms with Gasteiger partial charge in [0.2, 0.25) is 0 Å². The molecule has 2 aromatic rings. The highest BCUT2D eigenvalue weighted by Gasteiger charge is 2.12. The van der Waals surface area contributed by atoms with E-state index in [-0.39, 0.29) is 6.61 Å². The summed E-state index contributed by atoms with van der Waals surface area (Å²) in [6, 6.07) is 8.15. The Kier molecular flexibility index (Phi) is 3.12. The van der Waals surface area contributed by atoms with Gasteiger partial charge in [-0.15, -0.1) is 0 Å². The van der Waals surface area contributed by atoms with E-state index in [4.69, 9.17) is 0 Å². The van der Waals surface area contributed by atoms with Crippen LogP contribution in [0.4, 0.5) is 0 Å². The molecule has 0 atom stereocenters. The third-order valence-corrected chi connectivity index (χ3v) is 3.23. The highest BCUT2D eigenvalue weighted by molar-refractivity contribution is 9.10. The van der Waals surface area contributed by atoms with Crippen molar-refractivity contribution in [2.75, 3.05) is 0 Å². The summed E-state index contributed by atoms with van der Waals surface area (Å²) in [6.07, 6.45) is 0. The second kappa shape index (κ2) is 4.39. The summed E-state index contributed by atoms with van der Waals surface area (Å²) < 4.78 is 2.60. The van der Waals surface area contributed by atoms with Crippen molar-refractivity contribution in [2.24, 2.45) is 7.05 Å². The van der Waals surface area contributed by atoms with Crippen LogP contribution in [-0.4, -0.2) is 14.7 Å². The van der Waals surface area contributed by atoms with Crippen molar-refractivity contribution in [1.82, 2.24) is 9.55 Å².